The van der Waals surface area contributed by atoms with Crippen molar-refractivity contribution in [2.24, 2.45) is 0 Å². The van der Waals surface area contributed by atoms with Crippen LogP contribution >= 0.6 is 0 Å². The van der Waals surface area contributed by atoms with E-state index in [2.05, 4.69) is 218 Å². The van der Waals surface area contributed by atoms with Crippen molar-refractivity contribution >= 4 is 63.1 Å². The molecule has 0 amide bonds. The van der Waals surface area contributed by atoms with Gasteiger partial charge in [-0.25, -0.2) is 0 Å². The molecule has 0 saturated heterocycles. The van der Waals surface area contributed by atoms with Crippen LogP contribution in [0.25, 0.3) is 29.0 Å². The van der Waals surface area contributed by atoms with Gasteiger partial charge in [-0.05, 0) is 96.9 Å². The van der Waals surface area contributed by atoms with Gasteiger partial charge >= 0.3 is 0 Å². The van der Waals surface area contributed by atoms with E-state index >= 15 is 0 Å². The molecule has 0 aliphatic carbocycles. The molecule has 2 heteroatoms. The van der Waals surface area contributed by atoms with Gasteiger partial charge in [0, 0.05) is 33.9 Å². The first-order valence-corrected chi connectivity index (χ1v) is 16.5. The second-order valence-corrected chi connectivity index (χ2v) is 11.9. The van der Waals surface area contributed by atoms with Crippen molar-refractivity contribution in [1.29, 1.82) is 0 Å². The minimum Gasteiger partial charge on any atom is -0.310 e. The van der Waals surface area contributed by atoms with Crippen LogP contribution in [0.15, 0.2) is 176 Å². The summed E-state index contributed by atoms with van der Waals surface area (Å²) < 4.78 is 0. The Morgan fingerprint density at radius 1 is 0.396 bits per heavy atom. The molecule has 0 bridgehead atoms. The van der Waals surface area contributed by atoms with Gasteiger partial charge in [-0.3, -0.25) is 0 Å². The molecule has 7 aromatic carbocycles. The van der Waals surface area contributed by atoms with Crippen LogP contribution in [-0.2, 0) is 0 Å². The lowest BCUT2D eigenvalue weighted by Gasteiger charge is -2.31. The number of nitrogens with zero attached hydrogens (tertiary/aromatic N) is 2. The number of hydrogen-bond acceptors (Lipinski definition) is 2. The Labute approximate surface area is 284 Å². The highest BCUT2D eigenvalue weighted by atomic mass is 15.2. The number of allylic oxidation sites excluding steroid dienone is 1. The highest BCUT2D eigenvalue weighted by molar-refractivity contribution is 5.93. The second-order valence-electron chi connectivity index (χ2n) is 11.9. The molecule has 0 N–H and O–H groups in total. The van der Waals surface area contributed by atoms with Gasteiger partial charge in [0.2, 0.25) is 0 Å². The van der Waals surface area contributed by atoms with E-state index in [1.54, 1.807) is 0 Å². The summed E-state index contributed by atoms with van der Waals surface area (Å²) in [5, 5.41) is 2.49. The zero-order chi connectivity index (χ0) is 32.7. The summed E-state index contributed by atoms with van der Waals surface area (Å²) in [5.74, 6) is 0. The van der Waals surface area contributed by atoms with Gasteiger partial charge in [0.15, 0.2) is 0 Å². The molecule has 48 heavy (non-hydrogen) atoms. The highest BCUT2D eigenvalue weighted by Gasteiger charge is 2.21. The Balaban J connectivity index is 1.48. The van der Waals surface area contributed by atoms with Crippen LogP contribution in [-0.4, -0.2) is 0 Å². The minimum absolute atomic E-state index is 1.10. The van der Waals surface area contributed by atoms with Gasteiger partial charge in [0.1, 0.15) is 0 Å². The van der Waals surface area contributed by atoms with E-state index in [9.17, 15) is 0 Å². The van der Waals surface area contributed by atoms with Crippen molar-refractivity contribution in [2.75, 3.05) is 9.80 Å². The third kappa shape index (κ3) is 6.56. The van der Waals surface area contributed by atoms with E-state index in [0.29, 0.717) is 0 Å². The van der Waals surface area contributed by atoms with Crippen molar-refractivity contribution in [3.63, 3.8) is 0 Å². The summed E-state index contributed by atoms with van der Waals surface area (Å²) in [7, 11) is 0. The molecule has 0 saturated carbocycles. The molecule has 0 aliphatic heterocycles. The smallest absolute Gasteiger partial charge is 0.0541 e. The SMILES string of the molecule is C/C=C/c1cc(N(c2ccccc2)c2ccccc2)c(/C=C/c2ccc3cc(C)ccc3c2)cc1N(c1ccccc1)c1ccccc1. The molecule has 2 nitrogen and oxygen atoms in total. The Bertz CT molecular complexity index is 2110. The molecule has 7 aromatic rings. The lowest BCUT2D eigenvalue weighted by molar-refractivity contribution is 1.24. The molecule has 0 heterocycles. The van der Waals surface area contributed by atoms with Gasteiger partial charge in [0.25, 0.3) is 0 Å². The number of para-hydroxylation sites is 4. The number of hydrogen-bond donors (Lipinski definition) is 0. The highest BCUT2D eigenvalue weighted by Crippen LogP contribution is 2.44. The first kappa shape index (κ1) is 30.5. The number of fused-ring (bicyclic) bond motifs is 1. The van der Waals surface area contributed by atoms with E-state index < -0.39 is 0 Å². The van der Waals surface area contributed by atoms with Gasteiger partial charge in [0.05, 0.1) is 11.4 Å². The van der Waals surface area contributed by atoms with Crippen molar-refractivity contribution < 1.29 is 0 Å². The van der Waals surface area contributed by atoms with Crippen LogP contribution in [0, 0.1) is 6.92 Å². The fourth-order valence-electron chi connectivity index (χ4n) is 6.28. The summed E-state index contributed by atoms with van der Waals surface area (Å²) >= 11 is 0. The lowest BCUT2D eigenvalue weighted by atomic mass is 9.99. The third-order valence-corrected chi connectivity index (χ3v) is 8.54. The summed E-state index contributed by atoms with van der Waals surface area (Å²) in [5.41, 5.74) is 11.2. The van der Waals surface area contributed by atoms with Crippen molar-refractivity contribution in [3.05, 3.63) is 198 Å². The quantitative estimate of drug-likeness (QED) is 0.149. The van der Waals surface area contributed by atoms with E-state index in [4.69, 9.17) is 0 Å². The average molecular weight is 619 g/mol. The normalized spacial score (nSPS) is 11.4. The minimum atomic E-state index is 1.10. The van der Waals surface area contributed by atoms with Crippen molar-refractivity contribution in [1.82, 2.24) is 0 Å². The fourth-order valence-corrected chi connectivity index (χ4v) is 6.28. The van der Waals surface area contributed by atoms with Crippen molar-refractivity contribution in [2.45, 2.75) is 13.8 Å². The van der Waals surface area contributed by atoms with Gasteiger partial charge < -0.3 is 9.80 Å². The van der Waals surface area contributed by atoms with Gasteiger partial charge in [-0.15, -0.1) is 0 Å². The Morgan fingerprint density at radius 3 is 1.27 bits per heavy atom. The Kier molecular flexibility index (Phi) is 8.97. The largest absolute Gasteiger partial charge is 0.310 e. The zero-order valence-corrected chi connectivity index (χ0v) is 27.4. The molecule has 0 spiro atoms. The standard InChI is InChI=1S/C46H38N2/c1-3-16-39-33-46(48(43-21-12-6-13-22-43)44-23-14-7-15-24-44)40(30-27-36-26-29-37-31-35(2)25-28-38(37)32-36)34-45(39)47(41-17-8-4-9-18-41)42-19-10-5-11-20-42/h3-34H,1-2H3/b16-3+,30-27+. The van der Waals surface area contributed by atoms with Crippen molar-refractivity contribution in [3.8, 4) is 0 Å². The van der Waals surface area contributed by atoms with E-state index in [1.807, 2.05) is 0 Å². The summed E-state index contributed by atoms with van der Waals surface area (Å²) in [6.07, 6.45) is 8.84. The Hall–Kier alpha value is -6.12. The average Bonchev–Trinajstić information content (AvgIpc) is 3.14. The van der Waals surface area contributed by atoms with Crippen LogP contribution in [0.1, 0.15) is 29.2 Å². The first-order chi connectivity index (χ1) is 23.7. The van der Waals surface area contributed by atoms with Crippen LogP contribution in [0.2, 0.25) is 0 Å². The molecule has 232 valence electrons. The third-order valence-electron chi connectivity index (χ3n) is 8.54. The van der Waals surface area contributed by atoms with E-state index in [-0.39, 0.29) is 0 Å². The molecule has 7 rings (SSSR count). The molecule has 0 atom stereocenters. The van der Waals surface area contributed by atoms with E-state index in [0.717, 1.165) is 50.8 Å². The maximum absolute atomic E-state index is 2.36. The van der Waals surface area contributed by atoms with E-state index in [1.165, 1.54) is 16.3 Å². The number of aryl methyl sites for hydroxylation is 1. The van der Waals surface area contributed by atoms with Crippen LogP contribution in [0.5, 0.6) is 0 Å². The zero-order valence-electron chi connectivity index (χ0n) is 27.4. The predicted octanol–water partition coefficient (Wildman–Crippen LogP) is 13.3. The Morgan fingerprint density at radius 2 is 0.812 bits per heavy atom. The van der Waals surface area contributed by atoms with Gasteiger partial charge in [-0.1, -0.05) is 133 Å². The predicted molar refractivity (Wildman–Crippen MR) is 208 cm³/mol. The lowest BCUT2D eigenvalue weighted by Crippen LogP contribution is -2.15. The number of benzene rings is 7. The molecule has 0 radical (unpaired) electrons. The molecule has 0 fully saturated rings. The second kappa shape index (κ2) is 14.1. The summed E-state index contributed by atoms with van der Waals surface area (Å²) in [6.45, 7) is 4.23. The summed E-state index contributed by atoms with van der Waals surface area (Å²) in [4.78, 5) is 4.71. The molecule has 0 aliphatic rings. The molecule has 0 unspecified atom stereocenters. The van der Waals surface area contributed by atoms with Crippen LogP contribution in [0.4, 0.5) is 34.1 Å². The van der Waals surface area contributed by atoms with Crippen LogP contribution in [0.3, 0.4) is 0 Å². The number of rotatable bonds is 9. The fraction of sp³-hybridized carbons (Fsp3) is 0.0435. The topological polar surface area (TPSA) is 6.48 Å². The molecular weight excluding hydrogens is 581 g/mol. The monoisotopic (exact) mass is 618 g/mol. The van der Waals surface area contributed by atoms with Gasteiger partial charge in [-0.2, -0.15) is 0 Å². The number of anilines is 6. The summed E-state index contributed by atoms with van der Waals surface area (Å²) in [6, 6.07) is 60.5. The molecule has 0 aromatic heterocycles. The first-order valence-electron chi connectivity index (χ1n) is 16.5. The maximum atomic E-state index is 2.36. The maximum Gasteiger partial charge on any atom is 0.0541 e. The van der Waals surface area contributed by atoms with Crippen LogP contribution < -0.4 is 9.80 Å². The molecular formula is C46H38N2.